The summed E-state index contributed by atoms with van der Waals surface area (Å²) >= 11 is 9.28. The van der Waals surface area contributed by atoms with Gasteiger partial charge in [0.25, 0.3) is 5.91 Å². The lowest BCUT2D eigenvalue weighted by Gasteiger charge is -2.19. The molecule has 0 N–H and O–H groups in total. The van der Waals surface area contributed by atoms with Gasteiger partial charge in [-0.2, -0.15) is 5.10 Å². The van der Waals surface area contributed by atoms with Gasteiger partial charge in [0, 0.05) is 15.9 Å². The second-order valence-electron chi connectivity index (χ2n) is 6.61. The molecule has 6 nitrogen and oxygen atoms in total. The predicted molar refractivity (Wildman–Crippen MR) is 115 cm³/mol. The van der Waals surface area contributed by atoms with E-state index in [4.69, 9.17) is 20.8 Å². The Bertz CT molecular complexity index is 1100. The molecular formula is C22H16BrClN2O4. The van der Waals surface area contributed by atoms with Gasteiger partial charge in [-0.1, -0.05) is 45.7 Å². The largest absolute Gasteiger partial charge is 0.467 e. The highest BCUT2D eigenvalue weighted by atomic mass is 79.9. The summed E-state index contributed by atoms with van der Waals surface area (Å²) in [6.07, 6.45) is 2.02. The standard InChI is InChI=1S/C22H16BrClN2O4/c23-16-4-1-3-15(11-16)22(28)30-13-21(27)26-19(20-5-2-10-29-20)12-18(25-26)14-6-8-17(24)9-7-14/h1-11,19H,12-13H2. The third kappa shape index (κ3) is 4.47. The molecule has 1 unspecified atom stereocenters. The quantitative estimate of drug-likeness (QED) is 0.462. The molecule has 0 bridgehead atoms. The van der Waals surface area contributed by atoms with Crippen LogP contribution in [0.3, 0.4) is 0 Å². The number of hydrogen-bond donors (Lipinski definition) is 0. The van der Waals surface area contributed by atoms with Gasteiger partial charge >= 0.3 is 5.97 Å². The number of ether oxygens (including phenoxy) is 1. The first kappa shape index (κ1) is 20.4. The summed E-state index contributed by atoms with van der Waals surface area (Å²) in [5, 5.41) is 6.42. The summed E-state index contributed by atoms with van der Waals surface area (Å²) in [5.41, 5.74) is 1.93. The molecule has 0 fully saturated rings. The minimum Gasteiger partial charge on any atom is -0.467 e. The molecule has 0 saturated carbocycles. The molecule has 0 spiro atoms. The maximum atomic E-state index is 12.9. The van der Waals surface area contributed by atoms with Crippen molar-refractivity contribution in [2.45, 2.75) is 12.5 Å². The summed E-state index contributed by atoms with van der Waals surface area (Å²) in [6, 6.07) is 17.1. The van der Waals surface area contributed by atoms with Crippen molar-refractivity contribution < 1.29 is 18.7 Å². The number of hydrogen-bond acceptors (Lipinski definition) is 5. The summed E-state index contributed by atoms with van der Waals surface area (Å²) in [4.78, 5) is 25.1. The summed E-state index contributed by atoms with van der Waals surface area (Å²) in [6.45, 7) is -0.431. The van der Waals surface area contributed by atoms with E-state index in [0.29, 0.717) is 22.8 Å². The first-order chi connectivity index (χ1) is 14.5. The van der Waals surface area contributed by atoms with Gasteiger partial charge in [-0.05, 0) is 48.0 Å². The minimum atomic E-state index is -0.583. The van der Waals surface area contributed by atoms with Crippen LogP contribution in [-0.4, -0.2) is 29.2 Å². The van der Waals surface area contributed by atoms with E-state index in [1.165, 1.54) is 5.01 Å². The van der Waals surface area contributed by atoms with E-state index in [-0.39, 0.29) is 0 Å². The molecule has 1 aliphatic rings. The van der Waals surface area contributed by atoms with Crippen molar-refractivity contribution in [3.05, 3.63) is 93.3 Å². The lowest BCUT2D eigenvalue weighted by molar-refractivity contribution is -0.136. The molecule has 2 aromatic carbocycles. The van der Waals surface area contributed by atoms with E-state index >= 15 is 0 Å². The zero-order valence-electron chi connectivity index (χ0n) is 15.6. The van der Waals surface area contributed by atoms with E-state index in [1.54, 1.807) is 54.8 Å². The maximum absolute atomic E-state index is 12.9. The molecule has 0 aliphatic carbocycles. The molecule has 3 aromatic rings. The minimum absolute atomic E-state index is 0.353. The van der Waals surface area contributed by atoms with E-state index in [2.05, 4.69) is 21.0 Å². The highest BCUT2D eigenvalue weighted by Gasteiger charge is 2.35. The second-order valence-corrected chi connectivity index (χ2v) is 7.97. The Kier molecular flexibility index (Phi) is 6.01. The molecule has 1 atom stereocenters. The van der Waals surface area contributed by atoms with Crippen LogP contribution in [-0.2, 0) is 9.53 Å². The average molecular weight is 488 g/mol. The third-order valence-electron chi connectivity index (χ3n) is 4.60. The molecular weight excluding hydrogens is 472 g/mol. The fourth-order valence-corrected chi connectivity index (χ4v) is 3.68. The molecule has 1 aliphatic heterocycles. The van der Waals surface area contributed by atoms with Gasteiger partial charge in [0.15, 0.2) is 6.61 Å². The second kappa shape index (κ2) is 8.85. The highest BCUT2D eigenvalue weighted by molar-refractivity contribution is 9.10. The predicted octanol–water partition coefficient (Wildman–Crippen LogP) is 5.23. The molecule has 4 rings (SSSR count). The number of halogens is 2. The van der Waals surface area contributed by atoms with Crippen molar-refractivity contribution in [2.75, 3.05) is 6.61 Å². The Balaban J connectivity index is 1.51. The van der Waals surface area contributed by atoms with Gasteiger partial charge in [-0.3, -0.25) is 4.79 Å². The normalized spacial score (nSPS) is 15.7. The van der Waals surface area contributed by atoms with Crippen molar-refractivity contribution in [1.29, 1.82) is 0 Å². The molecule has 30 heavy (non-hydrogen) atoms. The van der Waals surface area contributed by atoms with Crippen LogP contribution in [0, 0.1) is 0 Å². The number of esters is 1. The van der Waals surface area contributed by atoms with Crippen molar-refractivity contribution in [1.82, 2.24) is 5.01 Å². The molecule has 0 saturated heterocycles. The molecule has 1 amide bonds. The number of carbonyl (C=O) groups excluding carboxylic acids is 2. The van der Waals surface area contributed by atoms with Crippen LogP contribution in [0.4, 0.5) is 0 Å². The molecule has 1 aromatic heterocycles. The van der Waals surface area contributed by atoms with E-state index < -0.39 is 24.5 Å². The maximum Gasteiger partial charge on any atom is 0.338 e. The zero-order chi connectivity index (χ0) is 21.1. The van der Waals surface area contributed by atoms with Crippen LogP contribution < -0.4 is 0 Å². The number of hydrazone groups is 1. The summed E-state index contributed by atoms with van der Waals surface area (Å²) in [7, 11) is 0. The summed E-state index contributed by atoms with van der Waals surface area (Å²) < 4.78 is 11.5. The fraction of sp³-hybridized carbons (Fsp3) is 0.136. The van der Waals surface area contributed by atoms with E-state index in [9.17, 15) is 9.59 Å². The van der Waals surface area contributed by atoms with E-state index in [1.807, 2.05) is 12.1 Å². The lowest BCUT2D eigenvalue weighted by Crippen LogP contribution is -2.31. The van der Waals surface area contributed by atoms with Gasteiger partial charge in [0.05, 0.1) is 17.5 Å². The van der Waals surface area contributed by atoms with Crippen LogP contribution in [0.15, 0.2) is 80.9 Å². The van der Waals surface area contributed by atoms with Crippen LogP contribution in [0.5, 0.6) is 0 Å². The molecule has 8 heteroatoms. The monoisotopic (exact) mass is 486 g/mol. The zero-order valence-corrected chi connectivity index (χ0v) is 18.0. The van der Waals surface area contributed by atoms with Crippen molar-refractivity contribution in [2.24, 2.45) is 5.10 Å². The van der Waals surface area contributed by atoms with Crippen LogP contribution in [0.2, 0.25) is 5.02 Å². The van der Waals surface area contributed by atoms with Crippen LogP contribution in [0.25, 0.3) is 0 Å². The molecule has 152 valence electrons. The average Bonchev–Trinajstić information content (AvgIpc) is 3.42. The van der Waals surface area contributed by atoms with Gasteiger partial charge in [-0.15, -0.1) is 0 Å². The van der Waals surface area contributed by atoms with Crippen molar-refractivity contribution >= 4 is 45.1 Å². The SMILES string of the molecule is O=C(OCC(=O)N1N=C(c2ccc(Cl)cc2)CC1c1ccco1)c1cccc(Br)c1. The van der Waals surface area contributed by atoms with Crippen LogP contribution >= 0.6 is 27.5 Å². The fourth-order valence-electron chi connectivity index (χ4n) is 3.15. The first-order valence-electron chi connectivity index (χ1n) is 9.13. The number of benzene rings is 2. The number of rotatable bonds is 5. The number of furan rings is 1. The third-order valence-corrected chi connectivity index (χ3v) is 5.35. The summed E-state index contributed by atoms with van der Waals surface area (Å²) in [5.74, 6) is -0.418. The first-order valence-corrected chi connectivity index (χ1v) is 10.3. The van der Waals surface area contributed by atoms with Gasteiger partial charge in [0.2, 0.25) is 0 Å². The van der Waals surface area contributed by atoms with Gasteiger partial charge in [-0.25, -0.2) is 9.80 Å². The molecule has 0 radical (unpaired) electrons. The number of amides is 1. The Hall–Kier alpha value is -2.90. The van der Waals surface area contributed by atoms with Gasteiger partial charge < -0.3 is 9.15 Å². The highest BCUT2D eigenvalue weighted by Crippen LogP contribution is 2.33. The topological polar surface area (TPSA) is 72.1 Å². The smallest absolute Gasteiger partial charge is 0.338 e. The van der Waals surface area contributed by atoms with Crippen LogP contribution in [0.1, 0.15) is 34.1 Å². The van der Waals surface area contributed by atoms with Gasteiger partial charge in [0.1, 0.15) is 11.8 Å². The van der Waals surface area contributed by atoms with E-state index in [0.717, 1.165) is 15.7 Å². The number of carbonyl (C=O) groups is 2. The Morgan fingerprint density at radius 3 is 2.67 bits per heavy atom. The Labute approximate surface area is 186 Å². The van der Waals surface area contributed by atoms with Crippen molar-refractivity contribution in [3.63, 3.8) is 0 Å². The number of nitrogens with zero attached hydrogens (tertiary/aromatic N) is 2. The Morgan fingerprint density at radius 1 is 1.17 bits per heavy atom. The van der Waals surface area contributed by atoms with Crippen molar-refractivity contribution in [3.8, 4) is 0 Å². The molecule has 2 heterocycles. The Morgan fingerprint density at radius 2 is 1.97 bits per heavy atom. The lowest BCUT2D eigenvalue weighted by atomic mass is 10.0.